The first-order chi connectivity index (χ1) is 7.10. The summed E-state index contributed by atoms with van der Waals surface area (Å²) in [7, 11) is 1.13. The van der Waals surface area contributed by atoms with Crippen molar-refractivity contribution in [2.75, 3.05) is 7.11 Å². The number of phenols is 1. The van der Waals surface area contributed by atoms with Gasteiger partial charge in [0, 0.05) is 4.91 Å². The molecule has 0 radical (unpaired) electrons. The second kappa shape index (κ2) is 4.30. The van der Waals surface area contributed by atoms with Crippen molar-refractivity contribution < 1.29 is 19.0 Å². The summed E-state index contributed by atoms with van der Waals surface area (Å²) in [6.45, 7) is 0. The van der Waals surface area contributed by atoms with Gasteiger partial charge in [0.05, 0.1) is 18.4 Å². The van der Waals surface area contributed by atoms with Crippen LogP contribution in [0.5, 0.6) is 5.75 Å². The molecule has 0 fully saturated rings. The summed E-state index contributed by atoms with van der Waals surface area (Å²) >= 11 is 0. The molecule has 15 heavy (non-hydrogen) atoms. The number of hydrogen-bond acceptors (Lipinski definition) is 4. The Kier molecular flexibility index (Phi) is 3.10. The Balaban J connectivity index is 3.35. The number of esters is 1. The highest BCUT2D eigenvalue weighted by Crippen LogP contribution is 2.31. The minimum absolute atomic E-state index is 0.143. The SMILES string of the molecule is COC(=O)c1cc(F)c(O)c(N=[N+]=[N-])c1. The first-order valence-electron chi connectivity index (χ1n) is 3.76. The molecule has 0 unspecified atom stereocenters. The Labute approximate surface area is 83.5 Å². The summed E-state index contributed by atoms with van der Waals surface area (Å²) < 4.78 is 17.4. The van der Waals surface area contributed by atoms with Gasteiger partial charge in [-0.25, -0.2) is 9.18 Å². The van der Waals surface area contributed by atoms with Crippen LogP contribution in [0.15, 0.2) is 17.2 Å². The van der Waals surface area contributed by atoms with Crippen LogP contribution in [0.3, 0.4) is 0 Å². The second-order valence-electron chi connectivity index (χ2n) is 2.51. The van der Waals surface area contributed by atoms with Gasteiger partial charge in [0.1, 0.15) is 0 Å². The molecule has 78 valence electrons. The standard InChI is InChI=1S/C8H6FN3O3/c1-15-8(14)4-2-5(9)7(13)6(3-4)11-12-10/h2-3,13H,1H3. The molecule has 0 atom stereocenters. The van der Waals surface area contributed by atoms with Gasteiger partial charge in [0.25, 0.3) is 0 Å². The molecule has 0 amide bonds. The number of methoxy groups -OCH3 is 1. The fourth-order valence-electron chi connectivity index (χ4n) is 0.945. The molecule has 0 spiro atoms. The van der Waals surface area contributed by atoms with Crippen molar-refractivity contribution >= 4 is 11.7 Å². The number of phenolic OH excluding ortho intramolecular Hbond substituents is 1. The first kappa shape index (κ1) is 10.8. The summed E-state index contributed by atoms with van der Waals surface area (Å²) in [5.41, 5.74) is 7.62. The van der Waals surface area contributed by atoms with E-state index in [9.17, 15) is 9.18 Å². The predicted molar refractivity (Wildman–Crippen MR) is 48.2 cm³/mol. The smallest absolute Gasteiger partial charge is 0.337 e. The van der Waals surface area contributed by atoms with E-state index >= 15 is 0 Å². The third-order valence-corrected chi connectivity index (χ3v) is 1.62. The van der Waals surface area contributed by atoms with Crippen molar-refractivity contribution in [2.45, 2.75) is 0 Å². The van der Waals surface area contributed by atoms with Crippen LogP contribution in [0.4, 0.5) is 10.1 Å². The Morgan fingerprint density at radius 1 is 1.67 bits per heavy atom. The molecule has 0 saturated carbocycles. The van der Waals surface area contributed by atoms with E-state index in [0.717, 1.165) is 19.2 Å². The molecule has 0 aliphatic carbocycles. The highest BCUT2D eigenvalue weighted by Gasteiger charge is 2.13. The lowest BCUT2D eigenvalue weighted by atomic mass is 10.2. The van der Waals surface area contributed by atoms with E-state index in [1.807, 2.05) is 0 Å². The zero-order chi connectivity index (χ0) is 11.4. The highest BCUT2D eigenvalue weighted by molar-refractivity contribution is 5.90. The van der Waals surface area contributed by atoms with Crippen LogP contribution in [0.1, 0.15) is 10.4 Å². The third-order valence-electron chi connectivity index (χ3n) is 1.62. The van der Waals surface area contributed by atoms with Crippen molar-refractivity contribution in [1.29, 1.82) is 0 Å². The largest absolute Gasteiger partial charge is 0.505 e. The van der Waals surface area contributed by atoms with Crippen LogP contribution in [0.2, 0.25) is 0 Å². The lowest BCUT2D eigenvalue weighted by Gasteiger charge is -2.03. The summed E-state index contributed by atoms with van der Waals surface area (Å²) in [6, 6.07) is 1.82. The maximum absolute atomic E-state index is 13.0. The molecule has 1 rings (SSSR count). The third kappa shape index (κ3) is 2.15. The fraction of sp³-hybridized carbons (Fsp3) is 0.125. The minimum Gasteiger partial charge on any atom is -0.505 e. The molecule has 0 aliphatic heterocycles. The van der Waals surface area contributed by atoms with Crippen molar-refractivity contribution in [2.24, 2.45) is 5.11 Å². The number of ether oxygens (including phenoxy) is 1. The number of halogens is 1. The predicted octanol–water partition coefficient (Wildman–Crippen LogP) is 2.26. The highest BCUT2D eigenvalue weighted by atomic mass is 19.1. The van der Waals surface area contributed by atoms with E-state index < -0.39 is 17.5 Å². The van der Waals surface area contributed by atoms with E-state index in [-0.39, 0.29) is 11.3 Å². The molecule has 6 nitrogen and oxygen atoms in total. The van der Waals surface area contributed by atoms with E-state index in [0.29, 0.717) is 0 Å². The molecule has 0 saturated heterocycles. The molecule has 1 N–H and O–H groups in total. The van der Waals surface area contributed by atoms with Crippen molar-refractivity contribution in [3.05, 3.63) is 34.0 Å². The van der Waals surface area contributed by atoms with Crippen LogP contribution in [-0.4, -0.2) is 18.2 Å². The molecule has 1 aromatic carbocycles. The number of rotatable bonds is 2. The van der Waals surface area contributed by atoms with Crippen molar-refractivity contribution in [3.63, 3.8) is 0 Å². The number of carbonyl (C=O) groups excluding carboxylic acids is 1. The van der Waals surface area contributed by atoms with Gasteiger partial charge in [0.2, 0.25) is 0 Å². The lowest BCUT2D eigenvalue weighted by Crippen LogP contribution is -2.01. The fourth-order valence-corrected chi connectivity index (χ4v) is 0.945. The summed E-state index contributed by atoms with van der Waals surface area (Å²) in [6.07, 6.45) is 0. The number of azide groups is 1. The minimum atomic E-state index is -1.06. The van der Waals surface area contributed by atoms with Crippen LogP contribution < -0.4 is 0 Å². The average Bonchev–Trinajstić information content (AvgIpc) is 2.23. The Hall–Kier alpha value is -2.27. The zero-order valence-electron chi connectivity index (χ0n) is 7.64. The first-order valence-corrected chi connectivity index (χ1v) is 3.76. The van der Waals surface area contributed by atoms with Gasteiger partial charge in [-0.3, -0.25) is 0 Å². The molecule has 0 aliphatic rings. The summed E-state index contributed by atoms with van der Waals surface area (Å²) in [5.74, 6) is -2.65. The van der Waals surface area contributed by atoms with Crippen LogP contribution in [0.25, 0.3) is 10.4 Å². The van der Waals surface area contributed by atoms with Gasteiger partial charge in [-0.1, -0.05) is 5.11 Å². The van der Waals surface area contributed by atoms with E-state index in [4.69, 9.17) is 10.6 Å². The quantitative estimate of drug-likeness (QED) is 0.351. The summed E-state index contributed by atoms with van der Waals surface area (Å²) in [5, 5.41) is 12.1. The molecule has 0 aromatic heterocycles. The normalized spacial score (nSPS) is 9.20. The Bertz CT molecular complexity index is 455. The number of nitrogens with zero attached hydrogens (tertiary/aromatic N) is 3. The van der Waals surface area contributed by atoms with Crippen LogP contribution in [-0.2, 0) is 4.74 Å². The molecule has 1 aromatic rings. The van der Waals surface area contributed by atoms with Crippen LogP contribution in [0, 0.1) is 5.82 Å². The summed E-state index contributed by atoms with van der Waals surface area (Å²) in [4.78, 5) is 13.4. The van der Waals surface area contributed by atoms with E-state index in [1.165, 1.54) is 0 Å². The number of aromatic hydroxyl groups is 1. The van der Waals surface area contributed by atoms with E-state index in [2.05, 4.69) is 14.8 Å². The molecular formula is C8H6FN3O3. The van der Waals surface area contributed by atoms with Gasteiger partial charge in [-0.05, 0) is 17.7 Å². The lowest BCUT2D eigenvalue weighted by molar-refractivity contribution is 0.0600. The van der Waals surface area contributed by atoms with E-state index in [1.54, 1.807) is 0 Å². The van der Waals surface area contributed by atoms with Gasteiger partial charge in [-0.15, -0.1) is 0 Å². The van der Waals surface area contributed by atoms with Crippen LogP contribution >= 0.6 is 0 Å². The molecular weight excluding hydrogens is 205 g/mol. The topological polar surface area (TPSA) is 95.3 Å². The van der Waals surface area contributed by atoms with Crippen molar-refractivity contribution in [3.8, 4) is 5.75 Å². The molecule has 0 bridgehead atoms. The van der Waals surface area contributed by atoms with Gasteiger partial charge < -0.3 is 9.84 Å². The molecule has 0 heterocycles. The van der Waals surface area contributed by atoms with Gasteiger partial charge >= 0.3 is 5.97 Å². The zero-order valence-corrected chi connectivity index (χ0v) is 7.64. The van der Waals surface area contributed by atoms with Gasteiger partial charge in [-0.2, -0.15) is 0 Å². The maximum Gasteiger partial charge on any atom is 0.337 e. The number of benzene rings is 1. The Morgan fingerprint density at radius 3 is 2.87 bits per heavy atom. The van der Waals surface area contributed by atoms with Gasteiger partial charge in [0.15, 0.2) is 11.6 Å². The second-order valence-corrected chi connectivity index (χ2v) is 2.51. The van der Waals surface area contributed by atoms with Crippen molar-refractivity contribution in [1.82, 2.24) is 0 Å². The monoisotopic (exact) mass is 211 g/mol. The molecule has 7 heteroatoms. The maximum atomic E-state index is 13.0. The number of carbonyl (C=O) groups is 1. The number of hydrogen-bond donors (Lipinski definition) is 1. The Morgan fingerprint density at radius 2 is 2.33 bits per heavy atom. The average molecular weight is 211 g/mol.